The Morgan fingerprint density at radius 2 is 1.96 bits per heavy atom. The Morgan fingerprint density at radius 1 is 1.21 bits per heavy atom. The second kappa shape index (κ2) is 7.07. The summed E-state index contributed by atoms with van der Waals surface area (Å²) in [6.45, 7) is 8.72. The largest absolute Gasteiger partial charge is 0.325 e. The standard InChI is InChI=1S/C19H26N4O/c1-14-5-4-6-18(11-14)20-19(24)22-9-7-17(8-10-22)13-23-16(3)12-15(2)21-23/h4-6,11-12,17H,7-10,13H2,1-3H3,(H,20,24). The Bertz CT molecular complexity index is 714. The van der Waals surface area contributed by atoms with Crippen LogP contribution in [0.4, 0.5) is 10.5 Å². The van der Waals surface area contributed by atoms with Crippen molar-refractivity contribution < 1.29 is 4.79 Å². The molecule has 1 saturated heterocycles. The molecule has 2 heterocycles. The number of aromatic nitrogens is 2. The minimum Gasteiger partial charge on any atom is -0.325 e. The first-order chi connectivity index (χ1) is 11.5. The topological polar surface area (TPSA) is 50.2 Å². The van der Waals surface area contributed by atoms with E-state index in [1.165, 1.54) is 5.69 Å². The molecule has 3 rings (SSSR count). The van der Waals surface area contributed by atoms with E-state index >= 15 is 0 Å². The van der Waals surface area contributed by atoms with Crippen molar-refractivity contribution in [2.45, 2.75) is 40.2 Å². The molecule has 0 spiro atoms. The number of anilines is 1. The van der Waals surface area contributed by atoms with Gasteiger partial charge in [0.15, 0.2) is 0 Å². The number of amides is 2. The molecule has 0 atom stereocenters. The number of urea groups is 1. The average Bonchev–Trinajstić information content (AvgIpc) is 2.85. The lowest BCUT2D eigenvalue weighted by Gasteiger charge is -2.32. The zero-order valence-electron chi connectivity index (χ0n) is 14.7. The molecule has 24 heavy (non-hydrogen) atoms. The van der Waals surface area contributed by atoms with E-state index in [1.807, 2.05) is 43.0 Å². The molecule has 5 heteroatoms. The van der Waals surface area contributed by atoms with E-state index in [2.05, 4.69) is 28.1 Å². The number of piperidine rings is 1. The van der Waals surface area contributed by atoms with E-state index in [0.29, 0.717) is 5.92 Å². The van der Waals surface area contributed by atoms with Crippen molar-refractivity contribution in [1.82, 2.24) is 14.7 Å². The number of nitrogens with one attached hydrogen (secondary N) is 1. The molecule has 2 amide bonds. The minimum absolute atomic E-state index is 0.00478. The third kappa shape index (κ3) is 3.96. The van der Waals surface area contributed by atoms with Crippen LogP contribution in [0.5, 0.6) is 0 Å². The van der Waals surface area contributed by atoms with Gasteiger partial charge >= 0.3 is 6.03 Å². The Hall–Kier alpha value is -2.30. The van der Waals surface area contributed by atoms with Crippen LogP contribution in [0.1, 0.15) is 29.8 Å². The van der Waals surface area contributed by atoms with Gasteiger partial charge in [0, 0.05) is 31.0 Å². The van der Waals surface area contributed by atoms with Gasteiger partial charge in [0.1, 0.15) is 0 Å². The summed E-state index contributed by atoms with van der Waals surface area (Å²) in [4.78, 5) is 14.3. The van der Waals surface area contributed by atoms with Crippen molar-refractivity contribution in [2.24, 2.45) is 5.92 Å². The molecule has 5 nitrogen and oxygen atoms in total. The molecule has 1 aromatic carbocycles. The van der Waals surface area contributed by atoms with Crippen molar-refractivity contribution in [3.8, 4) is 0 Å². The van der Waals surface area contributed by atoms with Crippen LogP contribution in [-0.4, -0.2) is 33.8 Å². The quantitative estimate of drug-likeness (QED) is 0.934. The summed E-state index contributed by atoms with van der Waals surface area (Å²) in [5.74, 6) is 0.589. The van der Waals surface area contributed by atoms with Crippen LogP contribution in [0.15, 0.2) is 30.3 Å². The van der Waals surface area contributed by atoms with Crippen molar-refractivity contribution in [3.05, 3.63) is 47.3 Å². The molecular formula is C19H26N4O. The number of rotatable bonds is 3. The zero-order valence-corrected chi connectivity index (χ0v) is 14.7. The SMILES string of the molecule is Cc1cccc(NC(=O)N2CCC(Cn3nc(C)cc3C)CC2)c1. The molecule has 1 N–H and O–H groups in total. The van der Waals surface area contributed by atoms with Crippen molar-refractivity contribution in [3.63, 3.8) is 0 Å². The molecule has 0 aliphatic carbocycles. The highest BCUT2D eigenvalue weighted by molar-refractivity contribution is 5.89. The number of nitrogens with zero attached hydrogens (tertiary/aromatic N) is 3. The number of hydrogen-bond acceptors (Lipinski definition) is 2. The van der Waals surface area contributed by atoms with Gasteiger partial charge in [-0.25, -0.2) is 4.79 Å². The van der Waals surface area contributed by atoms with Crippen LogP contribution in [-0.2, 0) is 6.54 Å². The second-order valence-corrected chi connectivity index (χ2v) is 6.84. The minimum atomic E-state index is 0.00478. The van der Waals surface area contributed by atoms with E-state index in [9.17, 15) is 4.79 Å². The third-order valence-corrected chi connectivity index (χ3v) is 4.71. The molecule has 1 aromatic heterocycles. The number of carbonyl (C=O) groups excluding carboxylic acids is 1. The molecule has 1 fully saturated rings. The number of hydrogen-bond donors (Lipinski definition) is 1. The lowest BCUT2D eigenvalue weighted by molar-refractivity contribution is 0.175. The molecule has 0 radical (unpaired) electrons. The Kier molecular flexibility index (Phi) is 4.88. The molecule has 0 saturated carbocycles. The van der Waals surface area contributed by atoms with Gasteiger partial charge in [0.25, 0.3) is 0 Å². The van der Waals surface area contributed by atoms with E-state index in [1.54, 1.807) is 0 Å². The van der Waals surface area contributed by atoms with Crippen LogP contribution in [0.3, 0.4) is 0 Å². The van der Waals surface area contributed by atoms with Crippen LogP contribution in [0.25, 0.3) is 0 Å². The molecule has 1 aliphatic heterocycles. The monoisotopic (exact) mass is 326 g/mol. The lowest BCUT2D eigenvalue weighted by Crippen LogP contribution is -2.41. The van der Waals surface area contributed by atoms with E-state index in [0.717, 1.165) is 49.4 Å². The molecule has 1 aliphatic rings. The molecule has 128 valence electrons. The van der Waals surface area contributed by atoms with Crippen LogP contribution >= 0.6 is 0 Å². The summed E-state index contributed by atoms with van der Waals surface area (Å²) in [6, 6.07) is 10.0. The summed E-state index contributed by atoms with van der Waals surface area (Å²) in [7, 11) is 0. The fourth-order valence-corrected chi connectivity index (χ4v) is 3.35. The van der Waals surface area contributed by atoms with Crippen LogP contribution in [0.2, 0.25) is 0 Å². The van der Waals surface area contributed by atoms with Gasteiger partial charge in [-0.1, -0.05) is 12.1 Å². The first-order valence-corrected chi connectivity index (χ1v) is 8.65. The molecule has 0 unspecified atom stereocenters. The number of carbonyl (C=O) groups is 1. The van der Waals surface area contributed by atoms with E-state index in [-0.39, 0.29) is 6.03 Å². The van der Waals surface area contributed by atoms with Crippen molar-refractivity contribution >= 4 is 11.7 Å². The molecule has 0 bridgehead atoms. The third-order valence-electron chi connectivity index (χ3n) is 4.71. The zero-order chi connectivity index (χ0) is 17.1. The summed E-state index contributed by atoms with van der Waals surface area (Å²) in [5.41, 5.74) is 4.30. The summed E-state index contributed by atoms with van der Waals surface area (Å²) >= 11 is 0. The van der Waals surface area contributed by atoms with Gasteiger partial charge in [0.2, 0.25) is 0 Å². The fourth-order valence-electron chi connectivity index (χ4n) is 3.35. The van der Waals surface area contributed by atoms with Gasteiger partial charge in [0.05, 0.1) is 5.69 Å². The maximum Gasteiger partial charge on any atom is 0.321 e. The van der Waals surface area contributed by atoms with E-state index in [4.69, 9.17) is 0 Å². The van der Waals surface area contributed by atoms with Gasteiger partial charge in [-0.15, -0.1) is 0 Å². The number of aryl methyl sites for hydroxylation is 3. The van der Waals surface area contributed by atoms with Crippen LogP contribution in [0, 0.1) is 26.7 Å². The summed E-state index contributed by atoms with van der Waals surface area (Å²) in [5, 5.41) is 7.55. The van der Waals surface area contributed by atoms with Gasteiger partial charge in [-0.3, -0.25) is 4.68 Å². The first kappa shape index (κ1) is 16.6. The summed E-state index contributed by atoms with van der Waals surface area (Å²) in [6.07, 6.45) is 2.05. The highest BCUT2D eigenvalue weighted by atomic mass is 16.2. The second-order valence-electron chi connectivity index (χ2n) is 6.84. The Morgan fingerprint density at radius 3 is 2.58 bits per heavy atom. The van der Waals surface area contributed by atoms with Gasteiger partial charge < -0.3 is 10.2 Å². The normalized spacial score (nSPS) is 15.5. The Balaban J connectivity index is 1.51. The van der Waals surface area contributed by atoms with Crippen molar-refractivity contribution in [1.29, 1.82) is 0 Å². The van der Waals surface area contributed by atoms with Crippen LogP contribution < -0.4 is 5.32 Å². The predicted molar refractivity (Wildman–Crippen MR) is 96.2 cm³/mol. The Labute approximate surface area is 143 Å². The van der Waals surface area contributed by atoms with Gasteiger partial charge in [-0.2, -0.15) is 5.10 Å². The smallest absolute Gasteiger partial charge is 0.321 e. The highest BCUT2D eigenvalue weighted by Gasteiger charge is 2.23. The fraction of sp³-hybridized carbons (Fsp3) is 0.474. The number of benzene rings is 1. The molecule has 2 aromatic rings. The first-order valence-electron chi connectivity index (χ1n) is 8.65. The van der Waals surface area contributed by atoms with Crippen molar-refractivity contribution in [2.75, 3.05) is 18.4 Å². The average molecular weight is 326 g/mol. The molecular weight excluding hydrogens is 300 g/mol. The number of likely N-dealkylation sites (tertiary alicyclic amines) is 1. The predicted octanol–water partition coefficient (Wildman–Crippen LogP) is 3.75. The lowest BCUT2D eigenvalue weighted by atomic mass is 9.97. The van der Waals surface area contributed by atoms with Gasteiger partial charge in [-0.05, 0) is 63.3 Å². The highest BCUT2D eigenvalue weighted by Crippen LogP contribution is 2.21. The maximum atomic E-state index is 12.4. The summed E-state index contributed by atoms with van der Waals surface area (Å²) < 4.78 is 2.10. The van der Waals surface area contributed by atoms with E-state index < -0.39 is 0 Å². The maximum absolute atomic E-state index is 12.4.